The van der Waals surface area contributed by atoms with Crippen molar-refractivity contribution in [2.45, 2.75) is 12.8 Å². The number of aromatic nitrogens is 2. The van der Waals surface area contributed by atoms with Gasteiger partial charge in [0.1, 0.15) is 0 Å². The zero-order chi connectivity index (χ0) is 13.8. The third-order valence-electron chi connectivity index (χ3n) is 3.32. The second-order valence-electron chi connectivity index (χ2n) is 4.74. The molecule has 20 heavy (non-hydrogen) atoms. The van der Waals surface area contributed by atoms with Crippen molar-refractivity contribution < 1.29 is 0 Å². The lowest BCUT2D eigenvalue weighted by atomic mass is 10.1. The Morgan fingerprint density at radius 2 is 1.65 bits per heavy atom. The van der Waals surface area contributed by atoms with Gasteiger partial charge in [-0.2, -0.15) is 5.10 Å². The topological polar surface area (TPSA) is 28.7 Å². The molecule has 2 aromatic carbocycles. The Balaban J connectivity index is 1.71. The predicted molar refractivity (Wildman–Crippen MR) is 82.9 cm³/mol. The molecular formula is C17H15ClN2. The summed E-state index contributed by atoms with van der Waals surface area (Å²) in [6.07, 6.45) is 1.82. The van der Waals surface area contributed by atoms with Gasteiger partial charge in [0, 0.05) is 16.3 Å². The van der Waals surface area contributed by atoms with Crippen LogP contribution < -0.4 is 0 Å². The van der Waals surface area contributed by atoms with E-state index >= 15 is 0 Å². The van der Waals surface area contributed by atoms with Crippen LogP contribution in [0.5, 0.6) is 0 Å². The molecule has 1 heterocycles. The van der Waals surface area contributed by atoms with Gasteiger partial charge < -0.3 is 0 Å². The number of benzene rings is 2. The van der Waals surface area contributed by atoms with Crippen LogP contribution in [0.3, 0.4) is 0 Å². The highest BCUT2D eigenvalue weighted by Gasteiger charge is 2.05. The number of nitrogens with zero attached hydrogens (tertiary/aromatic N) is 1. The summed E-state index contributed by atoms with van der Waals surface area (Å²) < 4.78 is 0. The first-order valence-electron chi connectivity index (χ1n) is 6.66. The molecule has 0 amide bonds. The first kappa shape index (κ1) is 12.9. The molecule has 0 aliphatic heterocycles. The molecule has 0 aliphatic carbocycles. The highest BCUT2D eigenvalue weighted by atomic mass is 35.5. The van der Waals surface area contributed by atoms with Crippen molar-refractivity contribution in [1.29, 1.82) is 0 Å². The number of rotatable bonds is 4. The van der Waals surface area contributed by atoms with E-state index in [1.165, 1.54) is 5.56 Å². The first-order valence-corrected chi connectivity index (χ1v) is 7.04. The first-order chi connectivity index (χ1) is 9.83. The van der Waals surface area contributed by atoms with Crippen molar-refractivity contribution in [3.8, 4) is 11.3 Å². The molecule has 3 heteroatoms. The van der Waals surface area contributed by atoms with Crippen molar-refractivity contribution in [1.82, 2.24) is 10.2 Å². The lowest BCUT2D eigenvalue weighted by molar-refractivity contribution is 0.893. The molecule has 1 aromatic heterocycles. The van der Waals surface area contributed by atoms with Crippen LogP contribution in [0.25, 0.3) is 11.3 Å². The Bertz CT molecular complexity index is 689. The summed E-state index contributed by atoms with van der Waals surface area (Å²) in [5, 5.41) is 8.29. The number of H-pyrrole nitrogens is 1. The van der Waals surface area contributed by atoms with Crippen LogP contribution in [0.15, 0.2) is 60.7 Å². The number of hydrogen-bond acceptors (Lipinski definition) is 1. The minimum atomic E-state index is 0.829. The highest BCUT2D eigenvalue weighted by Crippen LogP contribution is 2.20. The molecule has 0 spiro atoms. The maximum Gasteiger partial charge on any atom is 0.0923 e. The Kier molecular flexibility index (Phi) is 3.84. The van der Waals surface area contributed by atoms with Crippen LogP contribution in [0.4, 0.5) is 0 Å². The summed E-state index contributed by atoms with van der Waals surface area (Å²) in [6, 6.07) is 20.2. The Hall–Kier alpha value is -2.06. The van der Waals surface area contributed by atoms with Crippen LogP contribution in [-0.2, 0) is 12.8 Å². The van der Waals surface area contributed by atoms with Gasteiger partial charge in [-0.05, 0) is 30.5 Å². The van der Waals surface area contributed by atoms with Gasteiger partial charge in [0.15, 0.2) is 0 Å². The summed E-state index contributed by atoms with van der Waals surface area (Å²) in [5.41, 5.74) is 4.42. The fourth-order valence-electron chi connectivity index (χ4n) is 2.22. The maximum absolute atomic E-state index is 6.17. The van der Waals surface area contributed by atoms with Gasteiger partial charge >= 0.3 is 0 Å². The molecule has 0 bridgehead atoms. The molecule has 0 saturated heterocycles. The van der Waals surface area contributed by atoms with Crippen LogP contribution in [0, 0.1) is 0 Å². The van der Waals surface area contributed by atoms with Gasteiger partial charge in [-0.15, -0.1) is 0 Å². The highest BCUT2D eigenvalue weighted by molar-refractivity contribution is 6.31. The predicted octanol–water partition coefficient (Wildman–Crippen LogP) is 4.52. The molecule has 2 nitrogen and oxygen atoms in total. The van der Waals surface area contributed by atoms with E-state index in [-0.39, 0.29) is 0 Å². The summed E-state index contributed by atoms with van der Waals surface area (Å²) in [5.74, 6) is 0. The lowest BCUT2D eigenvalue weighted by Gasteiger charge is -2.01. The quantitative estimate of drug-likeness (QED) is 0.749. The fraction of sp³-hybridized carbons (Fsp3) is 0.118. The summed E-state index contributed by atoms with van der Waals surface area (Å²) in [6.45, 7) is 0. The Labute approximate surface area is 123 Å². The molecule has 0 radical (unpaired) electrons. The van der Waals surface area contributed by atoms with Gasteiger partial charge in [0.05, 0.1) is 5.69 Å². The largest absolute Gasteiger partial charge is 0.282 e. The SMILES string of the molecule is Clc1ccccc1CCc1cc(-c2ccccc2)n[nH]1. The van der Waals surface area contributed by atoms with Crippen molar-refractivity contribution in [2.75, 3.05) is 0 Å². The van der Waals surface area contributed by atoms with Crippen LogP contribution >= 0.6 is 11.6 Å². The third-order valence-corrected chi connectivity index (χ3v) is 3.69. The Morgan fingerprint density at radius 1 is 0.900 bits per heavy atom. The summed E-state index contributed by atoms with van der Waals surface area (Å²) in [7, 11) is 0. The van der Waals surface area contributed by atoms with E-state index in [0.29, 0.717) is 0 Å². The Morgan fingerprint density at radius 3 is 2.45 bits per heavy atom. The van der Waals surface area contributed by atoms with E-state index in [2.05, 4.69) is 34.5 Å². The van der Waals surface area contributed by atoms with Crippen molar-refractivity contribution in [2.24, 2.45) is 0 Å². The number of nitrogens with one attached hydrogen (secondary N) is 1. The van der Waals surface area contributed by atoms with Crippen molar-refractivity contribution in [3.05, 3.63) is 76.9 Å². The van der Waals surface area contributed by atoms with Crippen molar-refractivity contribution >= 4 is 11.6 Å². The standard InChI is InChI=1S/C17H15ClN2/c18-16-9-5-4-6-13(16)10-11-15-12-17(20-19-15)14-7-2-1-3-8-14/h1-9,12H,10-11H2,(H,19,20). The second kappa shape index (κ2) is 5.93. The zero-order valence-corrected chi connectivity index (χ0v) is 11.8. The van der Waals surface area contributed by atoms with E-state index in [1.54, 1.807) is 0 Å². The molecule has 100 valence electrons. The molecule has 1 N–H and O–H groups in total. The molecule has 0 saturated carbocycles. The third kappa shape index (κ3) is 2.91. The summed E-state index contributed by atoms with van der Waals surface area (Å²) >= 11 is 6.17. The molecular weight excluding hydrogens is 268 g/mol. The van der Waals surface area contributed by atoms with Crippen molar-refractivity contribution in [3.63, 3.8) is 0 Å². The van der Waals surface area contributed by atoms with E-state index in [9.17, 15) is 0 Å². The summed E-state index contributed by atoms with van der Waals surface area (Å²) in [4.78, 5) is 0. The molecule has 3 rings (SSSR count). The van der Waals surface area contributed by atoms with E-state index in [4.69, 9.17) is 11.6 Å². The van der Waals surface area contributed by atoms with Gasteiger partial charge in [0.25, 0.3) is 0 Å². The van der Waals surface area contributed by atoms with Gasteiger partial charge in [0.2, 0.25) is 0 Å². The molecule has 0 aliphatic rings. The number of aryl methyl sites for hydroxylation is 2. The normalized spacial score (nSPS) is 10.7. The van der Waals surface area contributed by atoms with E-state index < -0.39 is 0 Å². The van der Waals surface area contributed by atoms with E-state index in [0.717, 1.165) is 34.8 Å². The molecule has 0 atom stereocenters. The maximum atomic E-state index is 6.17. The van der Waals surface area contributed by atoms with Gasteiger partial charge in [-0.1, -0.05) is 60.1 Å². The molecule has 3 aromatic rings. The fourth-order valence-corrected chi connectivity index (χ4v) is 2.45. The van der Waals surface area contributed by atoms with E-state index in [1.807, 2.05) is 36.4 Å². The van der Waals surface area contributed by atoms with Gasteiger partial charge in [-0.3, -0.25) is 5.10 Å². The minimum absolute atomic E-state index is 0.829. The number of aromatic amines is 1. The smallest absolute Gasteiger partial charge is 0.0923 e. The van der Waals surface area contributed by atoms with Gasteiger partial charge in [-0.25, -0.2) is 0 Å². The number of halogens is 1. The minimum Gasteiger partial charge on any atom is -0.282 e. The second-order valence-corrected chi connectivity index (χ2v) is 5.14. The molecule has 0 fully saturated rings. The number of hydrogen-bond donors (Lipinski definition) is 1. The zero-order valence-electron chi connectivity index (χ0n) is 11.0. The monoisotopic (exact) mass is 282 g/mol. The lowest BCUT2D eigenvalue weighted by Crippen LogP contribution is -1.92. The average Bonchev–Trinajstić information content (AvgIpc) is 2.96. The van der Waals surface area contributed by atoms with Crippen LogP contribution in [0.2, 0.25) is 5.02 Å². The van der Waals surface area contributed by atoms with Crippen LogP contribution in [-0.4, -0.2) is 10.2 Å². The molecule has 0 unspecified atom stereocenters. The average molecular weight is 283 g/mol. The van der Waals surface area contributed by atoms with Crippen LogP contribution in [0.1, 0.15) is 11.3 Å².